The van der Waals surface area contributed by atoms with Crippen molar-refractivity contribution >= 4 is 16.7 Å². The number of nitrogens with zero attached hydrogens (tertiary/aromatic N) is 6. The number of hydrogen-bond acceptors (Lipinski definition) is 6. The highest BCUT2D eigenvalue weighted by Gasteiger charge is 2.12. The maximum Gasteiger partial charge on any atom is 0.163 e. The predicted molar refractivity (Wildman–Crippen MR) is 100 cm³/mol. The summed E-state index contributed by atoms with van der Waals surface area (Å²) >= 11 is 0. The highest BCUT2D eigenvalue weighted by atomic mass is 15.5. The minimum Gasteiger partial charge on any atom is -0.345 e. The van der Waals surface area contributed by atoms with Crippen LogP contribution in [0.1, 0.15) is 18.1 Å². The van der Waals surface area contributed by atoms with Crippen LogP contribution >= 0.6 is 0 Å². The third-order valence-corrected chi connectivity index (χ3v) is 4.15. The van der Waals surface area contributed by atoms with Crippen molar-refractivity contribution in [2.24, 2.45) is 0 Å². The largest absolute Gasteiger partial charge is 0.345 e. The van der Waals surface area contributed by atoms with E-state index in [9.17, 15) is 5.26 Å². The smallest absolute Gasteiger partial charge is 0.163 e. The van der Waals surface area contributed by atoms with Crippen LogP contribution in [-0.4, -0.2) is 15.0 Å². The second kappa shape index (κ2) is 7.39. The molecule has 7 heteroatoms. The van der Waals surface area contributed by atoms with Gasteiger partial charge in [-0.25, -0.2) is 0 Å². The Balaban J connectivity index is 2.02. The van der Waals surface area contributed by atoms with Gasteiger partial charge in [0, 0.05) is 5.69 Å². The molecule has 0 bridgehead atoms. The van der Waals surface area contributed by atoms with E-state index < -0.39 is 0 Å². The molecular formula is C20H15N7. The molecule has 1 aromatic heterocycles. The van der Waals surface area contributed by atoms with Gasteiger partial charge in [0.2, 0.25) is 0 Å². The first-order chi connectivity index (χ1) is 13.1. The van der Waals surface area contributed by atoms with Gasteiger partial charge in [0.1, 0.15) is 34.9 Å². The maximum absolute atomic E-state index is 9.21. The average Bonchev–Trinajstić information content (AvgIpc) is 3.10. The number of benzene rings is 2. The summed E-state index contributed by atoms with van der Waals surface area (Å²) in [6.45, 7) is 3.95. The van der Waals surface area contributed by atoms with Crippen molar-refractivity contribution in [1.82, 2.24) is 15.0 Å². The second-order valence-electron chi connectivity index (χ2n) is 5.88. The van der Waals surface area contributed by atoms with Crippen LogP contribution in [0, 0.1) is 40.9 Å². The number of fused-ring (bicyclic) bond motifs is 1. The highest BCUT2D eigenvalue weighted by Crippen LogP contribution is 2.24. The monoisotopic (exact) mass is 353 g/mol. The Labute approximate surface area is 156 Å². The predicted octanol–water partition coefficient (Wildman–Crippen LogP) is 3.53. The number of anilines is 1. The van der Waals surface area contributed by atoms with Crippen LogP contribution in [-0.2, 0) is 6.42 Å². The van der Waals surface area contributed by atoms with Gasteiger partial charge in [0.05, 0.1) is 5.69 Å². The number of aromatic nitrogens is 3. The number of rotatable bonds is 4. The van der Waals surface area contributed by atoms with E-state index in [1.54, 1.807) is 23.0 Å². The first-order valence-corrected chi connectivity index (χ1v) is 8.28. The lowest BCUT2D eigenvalue weighted by Gasteiger charge is -2.07. The van der Waals surface area contributed by atoms with Crippen LogP contribution in [0.15, 0.2) is 47.7 Å². The molecule has 0 amide bonds. The van der Waals surface area contributed by atoms with Gasteiger partial charge in [0.25, 0.3) is 0 Å². The van der Waals surface area contributed by atoms with Gasteiger partial charge < -0.3 is 5.32 Å². The van der Waals surface area contributed by atoms with Crippen molar-refractivity contribution in [3.8, 4) is 23.9 Å². The number of hydrogen-bond donors (Lipinski definition) is 1. The molecule has 1 heterocycles. The lowest BCUT2D eigenvalue weighted by Crippen LogP contribution is -2.02. The lowest BCUT2D eigenvalue weighted by molar-refractivity contribution is 0.765. The summed E-state index contributed by atoms with van der Waals surface area (Å²) in [5, 5.41) is 39.0. The molecule has 3 aromatic rings. The molecule has 7 nitrogen and oxygen atoms in total. The van der Waals surface area contributed by atoms with E-state index in [1.165, 1.54) is 5.56 Å². The Bertz CT molecular complexity index is 1150. The van der Waals surface area contributed by atoms with Crippen LogP contribution < -0.4 is 5.32 Å². The van der Waals surface area contributed by atoms with Crippen LogP contribution in [0.25, 0.3) is 16.7 Å². The van der Waals surface area contributed by atoms with Gasteiger partial charge in [0.15, 0.2) is 5.57 Å². The molecule has 0 saturated carbocycles. The Kier molecular flexibility index (Phi) is 4.84. The Morgan fingerprint density at radius 2 is 1.63 bits per heavy atom. The fraction of sp³-hybridized carbons (Fsp3) is 0.150. The van der Waals surface area contributed by atoms with Crippen LogP contribution in [0.5, 0.6) is 0 Å². The molecule has 0 saturated heterocycles. The summed E-state index contributed by atoms with van der Waals surface area (Å²) in [7, 11) is 0. The van der Waals surface area contributed by atoms with Gasteiger partial charge in [-0.1, -0.05) is 19.1 Å². The molecule has 130 valence electrons. The number of aryl methyl sites for hydroxylation is 2. The van der Waals surface area contributed by atoms with Crippen LogP contribution in [0.2, 0.25) is 0 Å². The zero-order valence-corrected chi connectivity index (χ0v) is 14.9. The molecule has 0 fully saturated rings. The summed E-state index contributed by atoms with van der Waals surface area (Å²) in [6.07, 6.45) is 0.963. The third kappa shape index (κ3) is 3.46. The molecule has 0 spiro atoms. The molecule has 0 aliphatic heterocycles. The highest BCUT2D eigenvalue weighted by molar-refractivity contribution is 5.81. The van der Waals surface area contributed by atoms with Gasteiger partial charge in [-0.05, 0) is 48.7 Å². The van der Waals surface area contributed by atoms with Crippen LogP contribution in [0.4, 0.5) is 5.69 Å². The number of nitrogens with one attached hydrogen (secondary N) is 1. The van der Waals surface area contributed by atoms with E-state index in [1.807, 2.05) is 43.3 Å². The van der Waals surface area contributed by atoms with E-state index in [2.05, 4.69) is 22.4 Å². The summed E-state index contributed by atoms with van der Waals surface area (Å²) < 4.78 is 0. The molecule has 27 heavy (non-hydrogen) atoms. The summed E-state index contributed by atoms with van der Waals surface area (Å²) in [5.74, 6) is 0. The quantitative estimate of drug-likeness (QED) is 0.718. The summed E-state index contributed by atoms with van der Waals surface area (Å²) in [6, 6.07) is 16.9. The van der Waals surface area contributed by atoms with E-state index in [0.29, 0.717) is 16.7 Å². The number of nitriles is 3. The van der Waals surface area contributed by atoms with Crippen molar-refractivity contribution in [2.45, 2.75) is 20.3 Å². The third-order valence-electron chi connectivity index (χ3n) is 4.15. The zero-order chi connectivity index (χ0) is 19.4. The van der Waals surface area contributed by atoms with Gasteiger partial charge in [-0.3, -0.25) is 0 Å². The standard InChI is InChI=1S/C20H15N7/c1-3-14-4-6-16(7-5-14)27-25-18-8-13(2)17(9-19(18)26-27)24-20(12-23)15(10-21)11-22/h4-9,24H,3H2,1-2H3. The van der Waals surface area contributed by atoms with Gasteiger partial charge in [-0.15, -0.1) is 10.2 Å². The van der Waals surface area contributed by atoms with Crippen molar-refractivity contribution in [2.75, 3.05) is 5.32 Å². The SMILES string of the molecule is CCc1ccc(-n2nc3cc(C)c(NC(C#N)=C(C#N)C#N)cc3n2)cc1. The summed E-state index contributed by atoms with van der Waals surface area (Å²) in [4.78, 5) is 1.56. The first-order valence-electron chi connectivity index (χ1n) is 8.28. The minimum absolute atomic E-state index is 0.0926. The molecule has 0 aliphatic rings. The van der Waals surface area contributed by atoms with E-state index in [0.717, 1.165) is 17.7 Å². The first kappa shape index (κ1) is 17.7. The van der Waals surface area contributed by atoms with E-state index in [-0.39, 0.29) is 11.3 Å². The topological polar surface area (TPSA) is 114 Å². The molecule has 0 aliphatic carbocycles. The molecular weight excluding hydrogens is 338 g/mol. The zero-order valence-electron chi connectivity index (χ0n) is 14.9. The van der Waals surface area contributed by atoms with E-state index in [4.69, 9.17) is 10.5 Å². The normalized spacial score (nSPS) is 9.89. The van der Waals surface area contributed by atoms with Gasteiger partial charge in [-0.2, -0.15) is 20.6 Å². The van der Waals surface area contributed by atoms with Gasteiger partial charge >= 0.3 is 0 Å². The van der Waals surface area contributed by atoms with Crippen molar-refractivity contribution < 1.29 is 0 Å². The fourth-order valence-corrected chi connectivity index (χ4v) is 2.60. The maximum atomic E-state index is 9.21. The minimum atomic E-state index is -0.267. The molecule has 2 aromatic carbocycles. The Morgan fingerprint density at radius 3 is 2.19 bits per heavy atom. The molecule has 1 N–H and O–H groups in total. The average molecular weight is 353 g/mol. The van der Waals surface area contributed by atoms with Crippen LogP contribution in [0.3, 0.4) is 0 Å². The van der Waals surface area contributed by atoms with Crippen molar-refractivity contribution in [3.05, 3.63) is 58.8 Å². The molecule has 0 atom stereocenters. The molecule has 0 radical (unpaired) electrons. The lowest BCUT2D eigenvalue weighted by atomic mass is 10.1. The van der Waals surface area contributed by atoms with Crippen molar-refractivity contribution in [1.29, 1.82) is 15.8 Å². The molecule has 3 rings (SSSR count). The van der Waals surface area contributed by atoms with Crippen molar-refractivity contribution in [3.63, 3.8) is 0 Å². The fourth-order valence-electron chi connectivity index (χ4n) is 2.60. The summed E-state index contributed by atoms with van der Waals surface area (Å²) in [5.41, 5.74) is 4.48. The number of allylic oxidation sites excluding steroid dienone is 2. The molecule has 0 unspecified atom stereocenters. The Hall–Kier alpha value is -4.15. The second-order valence-corrected chi connectivity index (χ2v) is 5.88. The Morgan fingerprint density at radius 1 is 1.00 bits per heavy atom. The van der Waals surface area contributed by atoms with E-state index >= 15 is 0 Å².